The lowest BCUT2D eigenvalue weighted by atomic mass is 9.90. The number of halogens is 1. The smallest absolute Gasteiger partial charge is 0.209 e. The van der Waals surface area contributed by atoms with Gasteiger partial charge in [-0.05, 0) is 110 Å². The van der Waals surface area contributed by atoms with Gasteiger partial charge in [0.15, 0.2) is 0 Å². The Hall–Kier alpha value is -2.71. The van der Waals surface area contributed by atoms with Gasteiger partial charge in [0.2, 0.25) is 6.41 Å². The van der Waals surface area contributed by atoms with Crippen LogP contribution in [0.1, 0.15) is 57.8 Å². The number of piperidine rings is 1. The number of rotatable bonds is 7. The number of amides is 1. The molecule has 43 heavy (non-hydrogen) atoms. The summed E-state index contributed by atoms with van der Waals surface area (Å²) >= 11 is 7.68. The van der Waals surface area contributed by atoms with Crippen LogP contribution in [0.5, 0.6) is 11.5 Å². The predicted octanol–water partition coefficient (Wildman–Crippen LogP) is 8.03. The molecule has 3 N–H and O–H groups in total. The van der Waals surface area contributed by atoms with E-state index in [0.717, 1.165) is 60.3 Å². The Labute approximate surface area is 266 Å². The van der Waals surface area contributed by atoms with Gasteiger partial charge in [-0.1, -0.05) is 61.5 Å². The first-order chi connectivity index (χ1) is 21.0. The van der Waals surface area contributed by atoms with Crippen molar-refractivity contribution in [1.29, 1.82) is 0 Å². The molecular weight excluding hydrogens is 578 g/mol. The summed E-state index contributed by atoms with van der Waals surface area (Å²) < 4.78 is 8.46. The fourth-order valence-electron chi connectivity index (χ4n) is 5.48. The summed E-state index contributed by atoms with van der Waals surface area (Å²) in [6, 6.07) is 23.6. The largest absolute Gasteiger partial charge is 0.508 e. The highest BCUT2D eigenvalue weighted by Crippen LogP contribution is 2.29. The molecule has 1 aliphatic carbocycles. The van der Waals surface area contributed by atoms with Crippen molar-refractivity contribution in [3.8, 4) is 22.6 Å². The number of phenols is 1. The first-order valence-corrected chi connectivity index (χ1v) is 16.8. The minimum Gasteiger partial charge on any atom is -0.508 e. The fourth-order valence-corrected chi connectivity index (χ4v) is 6.60. The molecule has 2 heterocycles. The molecule has 2 saturated heterocycles. The third-order valence-corrected chi connectivity index (χ3v) is 9.39. The van der Waals surface area contributed by atoms with Gasteiger partial charge in [-0.2, -0.15) is 0 Å². The Morgan fingerprint density at radius 3 is 1.98 bits per heavy atom. The third kappa shape index (κ3) is 12.1. The average molecular weight is 624 g/mol. The van der Waals surface area contributed by atoms with Gasteiger partial charge in [0, 0.05) is 42.1 Å². The van der Waals surface area contributed by atoms with E-state index in [1.807, 2.05) is 48.3 Å². The Morgan fingerprint density at radius 1 is 0.814 bits per heavy atom. The van der Waals surface area contributed by atoms with Crippen LogP contribution in [0, 0.1) is 5.92 Å². The van der Waals surface area contributed by atoms with Crippen LogP contribution in [0.3, 0.4) is 0 Å². The lowest BCUT2D eigenvalue weighted by Gasteiger charge is -2.25. The van der Waals surface area contributed by atoms with E-state index in [1.165, 1.54) is 69.4 Å². The third-order valence-electron chi connectivity index (χ3n) is 8.03. The van der Waals surface area contributed by atoms with E-state index < -0.39 is 0 Å². The van der Waals surface area contributed by atoms with E-state index in [1.54, 1.807) is 17.0 Å². The van der Waals surface area contributed by atoms with E-state index >= 15 is 0 Å². The first kappa shape index (κ1) is 33.2. The molecule has 6 rings (SSSR count). The minimum atomic E-state index is 0.222. The lowest BCUT2D eigenvalue weighted by Crippen LogP contribution is -2.25. The normalized spacial score (nSPS) is 19.0. The maximum atomic E-state index is 10.0. The summed E-state index contributed by atoms with van der Waals surface area (Å²) in [6.45, 7) is 4.93. The Kier molecular flexibility index (Phi) is 14.0. The van der Waals surface area contributed by atoms with Crippen molar-refractivity contribution in [2.45, 2.75) is 68.7 Å². The van der Waals surface area contributed by atoms with Crippen molar-refractivity contribution in [3.63, 3.8) is 0 Å². The number of hydrogen-bond acceptors (Lipinski definition) is 6. The fraction of sp³-hybridized carbons (Fsp3) is 0.457. The summed E-state index contributed by atoms with van der Waals surface area (Å²) in [6.07, 6.45) is 12.8. The first-order valence-electron chi connectivity index (χ1n) is 15.6. The number of carbonyl (C=O) groups excluding carboxylic acids is 1. The number of nitrogens with zero attached hydrogens (tertiary/aromatic N) is 2. The van der Waals surface area contributed by atoms with Gasteiger partial charge in [0.25, 0.3) is 0 Å². The molecule has 1 saturated carbocycles. The summed E-state index contributed by atoms with van der Waals surface area (Å²) in [5.74, 6) is 2.09. The average Bonchev–Trinajstić information content (AvgIpc) is 3.48. The van der Waals surface area contributed by atoms with Crippen molar-refractivity contribution >= 4 is 30.0 Å². The van der Waals surface area contributed by atoms with Crippen molar-refractivity contribution in [1.82, 2.24) is 9.21 Å². The van der Waals surface area contributed by atoms with Crippen LogP contribution >= 0.6 is 23.5 Å². The summed E-state index contributed by atoms with van der Waals surface area (Å²) in [4.78, 5) is 13.1. The predicted molar refractivity (Wildman–Crippen MR) is 179 cm³/mol. The van der Waals surface area contributed by atoms with Gasteiger partial charge >= 0.3 is 0 Å². The maximum Gasteiger partial charge on any atom is 0.209 e. The van der Waals surface area contributed by atoms with Crippen LogP contribution in [0.15, 0.2) is 77.7 Å². The van der Waals surface area contributed by atoms with Crippen LogP contribution in [-0.4, -0.2) is 59.5 Å². The second-order valence-corrected chi connectivity index (χ2v) is 13.2. The summed E-state index contributed by atoms with van der Waals surface area (Å²) in [5, 5.41) is 9.86. The molecule has 0 aromatic heterocycles. The number of phenolic OH excluding ortho intramolecular Hbond substituents is 1. The van der Waals surface area contributed by atoms with E-state index in [9.17, 15) is 4.79 Å². The molecule has 8 heteroatoms. The van der Waals surface area contributed by atoms with Crippen LogP contribution in [-0.2, 0) is 4.79 Å². The number of benzene rings is 3. The highest BCUT2D eigenvalue weighted by Gasteiger charge is 2.16. The highest BCUT2D eigenvalue weighted by atomic mass is 35.5. The van der Waals surface area contributed by atoms with E-state index in [-0.39, 0.29) is 11.8 Å². The molecule has 1 unspecified atom stereocenters. The SMILES string of the molecule is NC1CCN(C=O)C1.Oc1ccc(-c2ccc(Cl)cc2)cc1.c1cc(SN2CCCCC2)ccc1OCC1CCCCC1. The molecule has 0 radical (unpaired) electrons. The van der Waals surface area contributed by atoms with Crippen LogP contribution < -0.4 is 10.5 Å². The number of ether oxygens (including phenoxy) is 1. The Morgan fingerprint density at radius 2 is 1.42 bits per heavy atom. The van der Waals surface area contributed by atoms with E-state index in [0.29, 0.717) is 0 Å². The number of nitrogens with two attached hydrogens (primary N) is 1. The molecular formula is C35H46ClN3O3S. The summed E-state index contributed by atoms with van der Waals surface area (Å²) in [5.41, 5.74) is 7.66. The molecule has 3 aliphatic rings. The second kappa shape index (κ2) is 18.2. The zero-order valence-corrected chi connectivity index (χ0v) is 26.7. The topological polar surface area (TPSA) is 79.0 Å². The molecule has 3 fully saturated rings. The molecule has 0 bridgehead atoms. The van der Waals surface area contributed by atoms with Crippen molar-refractivity contribution in [2.24, 2.45) is 11.7 Å². The molecule has 0 spiro atoms. The maximum absolute atomic E-state index is 10.0. The molecule has 2 aliphatic heterocycles. The van der Waals surface area contributed by atoms with E-state index in [4.69, 9.17) is 27.2 Å². The van der Waals surface area contributed by atoms with Crippen LogP contribution in [0.25, 0.3) is 11.1 Å². The van der Waals surface area contributed by atoms with Gasteiger partial charge in [0.1, 0.15) is 11.5 Å². The number of hydrogen-bond donors (Lipinski definition) is 2. The molecule has 1 atom stereocenters. The second-order valence-electron chi connectivity index (χ2n) is 11.6. The number of likely N-dealkylation sites (tertiary alicyclic amines) is 1. The van der Waals surface area contributed by atoms with Crippen molar-refractivity contribution in [3.05, 3.63) is 77.8 Å². The monoisotopic (exact) mass is 623 g/mol. The van der Waals surface area contributed by atoms with Gasteiger partial charge in [-0.15, -0.1) is 0 Å². The minimum absolute atomic E-state index is 0.222. The standard InChI is InChI=1S/C18H27NOS.C12H9ClO.C5H10N2O/c1-3-7-16(8-4-1)15-20-17-9-11-18(12-10-17)21-19-13-5-2-6-14-19;13-11-5-1-9(2-6-11)10-3-7-12(14)8-4-10;6-5-1-2-7(3-5)4-8/h9-12,16H,1-8,13-15H2;1-8,14H;4-5H,1-3,6H2. The van der Waals surface area contributed by atoms with Crippen molar-refractivity contribution in [2.75, 3.05) is 32.8 Å². The van der Waals surface area contributed by atoms with Crippen molar-refractivity contribution < 1.29 is 14.6 Å². The zero-order chi connectivity index (χ0) is 30.3. The lowest BCUT2D eigenvalue weighted by molar-refractivity contribution is -0.117. The zero-order valence-electron chi connectivity index (χ0n) is 25.1. The van der Waals surface area contributed by atoms with Gasteiger partial charge < -0.3 is 20.5 Å². The van der Waals surface area contributed by atoms with Crippen LogP contribution in [0.4, 0.5) is 0 Å². The Balaban J connectivity index is 0.000000165. The van der Waals surface area contributed by atoms with Gasteiger partial charge in [-0.25, -0.2) is 4.31 Å². The van der Waals surface area contributed by atoms with Gasteiger partial charge in [0.05, 0.1) is 6.61 Å². The number of aromatic hydroxyl groups is 1. The summed E-state index contributed by atoms with van der Waals surface area (Å²) in [7, 11) is 0. The quantitative estimate of drug-likeness (QED) is 0.205. The molecule has 232 valence electrons. The Bertz CT molecular complexity index is 1160. The number of carbonyl (C=O) groups is 1. The van der Waals surface area contributed by atoms with E-state index in [2.05, 4.69) is 28.6 Å². The highest BCUT2D eigenvalue weighted by molar-refractivity contribution is 7.97. The molecule has 3 aromatic rings. The van der Waals surface area contributed by atoms with Crippen LogP contribution in [0.2, 0.25) is 5.02 Å². The molecule has 1 amide bonds. The molecule has 3 aromatic carbocycles. The molecule has 6 nitrogen and oxygen atoms in total. The van der Waals surface area contributed by atoms with Gasteiger partial charge in [-0.3, -0.25) is 4.79 Å².